The highest BCUT2D eigenvalue weighted by molar-refractivity contribution is 5.79. The molecule has 0 aliphatic carbocycles. The molecule has 0 aromatic heterocycles. The van der Waals surface area contributed by atoms with E-state index < -0.39 is 24.4 Å². The van der Waals surface area contributed by atoms with Gasteiger partial charge in [-0.3, -0.25) is 0 Å². The predicted octanol–water partition coefficient (Wildman–Crippen LogP) is 2.04. The van der Waals surface area contributed by atoms with Crippen LogP contribution in [0, 0.1) is 6.92 Å². The standard InChI is InChI=1S/C13H15F2NO2/c1-9-4-2-3-5-10(9)7-16-8-11-6-13(14,15)12(17)18-11/h2-5,11,16H,6-8H2,1H3. The minimum absolute atomic E-state index is 0.246. The summed E-state index contributed by atoms with van der Waals surface area (Å²) >= 11 is 0. The molecule has 0 amide bonds. The monoisotopic (exact) mass is 255 g/mol. The van der Waals surface area contributed by atoms with E-state index in [4.69, 9.17) is 0 Å². The maximum atomic E-state index is 12.9. The molecule has 0 spiro atoms. The zero-order chi connectivity index (χ0) is 13.2. The quantitative estimate of drug-likeness (QED) is 0.837. The number of ether oxygens (including phenoxy) is 1. The first-order valence-electron chi connectivity index (χ1n) is 5.83. The average Bonchev–Trinajstić information content (AvgIpc) is 2.55. The van der Waals surface area contributed by atoms with Crippen LogP contribution in [-0.2, 0) is 16.1 Å². The summed E-state index contributed by atoms with van der Waals surface area (Å²) in [6, 6.07) is 7.82. The highest BCUT2D eigenvalue weighted by atomic mass is 19.3. The largest absolute Gasteiger partial charge is 0.456 e. The summed E-state index contributed by atoms with van der Waals surface area (Å²) in [7, 11) is 0. The summed E-state index contributed by atoms with van der Waals surface area (Å²) in [6.45, 7) is 2.81. The van der Waals surface area contributed by atoms with Gasteiger partial charge in [0, 0.05) is 13.1 Å². The van der Waals surface area contributed by atoms with Crippen LogP contribution in [0.5, 0.6) is 0 Å². The lowest BCUT2D eigenvalue weighted by atomic mass is 10.1. The van der Waals surface area contributed by atoms with E-state index in [0.717, 1.165) is 11.1 Å². The van der Waals surface area contributed by atoms with Gasteiger partial charge in [-0.2, -0.15) is 8.78 Å². The molecule has 1 fully saturated rings. The molecule has 1 aromatic rings. The van der Waals surface area contributed by atoms with Gasteiger partial charge in [-0.1, -0.05) is 24.3 Å². The molecule has 1 N–H and O–H groups in total. The normalized spacial score (nSPS) is 21.9. The third-order valence-corrected chi connectivity index (χ3v) is 3.01. The average molecular weight is 255 g/mol. The summed E-state index contributed by atoms with van der Waals surface area (Å²) < 4.78 is 30.4. The van der Waals surface area contributed by atoms with E-state index in [1.807, 2.05) is 31.2 Å². The lowest BCUT2D eigenvalue weighted by Gasteiger charge is -2.11. The molecule has 1 unspecified atom stereocenters. The van der Waals surface area contributed by atoms with E-state index in [-0.39, 0.29) is 6.54 Å². The maximum Gasteiger partial charge on any atom is 0.377 e. The van der Waals surface area contributed by atoms with Crippen LogP contribution in [0.25, 0.3) is 0 Å². The van der Waals surface area contributed by atoms with Crippen LogP contribution >= 0.6 is 0 Å². The Labute approximate surface area is 104 Å². The second-order valence-electron chi connectivity index (χ2n) is 4.49. The number of hydrogen-bond donors (Lipinski definition) is 1. The van der Waals surface area contributed by atoms with Gasteiger partial charge in [0.15, 0.2) is 0 Å². The van der Waals surface area contributed by atoms with Crippen molar-refractivity contribution in [3.63, 3.8) is 0 Å². The summed E-state index contributed by atoms with van der Waals surface area (Å²) in [5.74, 6) is -4.74. The highest BCUT2D eigenvalue weighted by Crippen LogP contribution is 2.30. The van der Waals surface area contributed by atoms with Gasteiger partial charge in [-0.05, 0) is 18.1 Å². The fourth-order valence-electron chi connectivity index (χ4n) is 1.94. The third-order valence-electron chi connectivity index (χ3n) is 3.01. The summed E-state index contributed by atoms with van der Waals surface area (Å²) in [5, 5.41) is 3.03. The van der Waals surface area contributed by atoms with Gasteiger partial charge in [0.05, 0.1) is 6.42 Å². The Morgan fingerprint density at radius 3 is 2.78 bits per heavy atom. The fourth-order valence-corrected chi connectivity index (χ4v) is 1.94. The number of rotatable bonds is 4. The van der Waals surface area contributed by atoms with Crippen molar-refractivity contribution in [3.8, 4) is 0 Å². The fraction of sp³-hybridized carbons (Fsp3) is 0.462. The molecule has 18 heavy (non-hydrogen) atoms. The number of carbonyl (C=O) groups is 1. The number of halogens is 2. The molecule has 1 aliphatic rings. The lowest BCUT2D eigenvalue weighted by molar-refractivity contribution is -0.159. The van der Waals surface area contributed by atoms with Crippen LogP contribution in [0.3, 0.4) is 0 Å². The number of alkyl halides is 2. The van der Waals surface area contributed by atoms with Crippen molar-refractivity contribution >= 4 is 5.97 Å². The molecule has 5 heteroatoms. The summed E-state index contributed by atoms with van der Waals surface area (Å²) in [4.78, 5) is 10.8. The van der Waals surface area contributed by atoms with Gasteiger partial charge in [-0.25, -0.2) is 4.79 Å². The Morgan fingerprint density at radius 1 is 1.44 bits per heavy atom. The molecule has 1 atom stereocenters. The number of aryl methyl sites for hydroxylation is 1. The summed E-state index contributed by atoms with van der Waals surface area (Å²) in [5.41, 5.74) is 2.24. The number of benzene rings is 1. The number of hydrogen-bond acceptors (Lipinski definition) is 3. The van der Waals surface area contributed by atoms with Crippen molar-refractivity contribution < 1.29 is 18.3 Å². The van der Waals surface area contributed by atoms with Crippen molar-refractivity contribution in [3.05, 3.63) is 35.4 Å². The number of carbonyl (C=O) groups excluding carboxylic acids is 1. The molecule has 0 saturated carbocycles. The zero-order valence-corrected chi connectivity index (χ0v) is 10.1. The van der Waals surface area contributed by atoms with Gasteiger partial charge < -0.3 is 10.1 Å². The molecular formula is C13H15F2NO2. The Balaban J connectivity index is 1.81. The second-order valence-corrected chi connectivity index (χ2v) is 4.49. The number of cyclic esters (lactones) is 1. The first-order chi connectivity index (χ1) is 8.49. The Bertz CT molecular complexity index is 448. The van der Waals surface area contributed by atoms with Gasteiger partial charge in [0.2, 0.25) is 0 Å². The van der Waals surface area contributed by atoms with Crippen LogP contribution in [0.2, 0.25) is 0 Å². The molecule has 0 bridgehead atoms. The molecule has 1 aliphatic heterocycles. The maximum absolute atomic E-state index is 12.9. The minimum atomic E-state index is -3.32. The summed E-state index contributed by atoms with van der Waals surface area (Å²) in [6.07, 6.45) is -1.27. The molecule has 3 nitrogen and oxygen atoms in total. The first kappa shape index (κ1) is 13.0. The van der Waals surface area contributed by atoms with Crippen LogP contribution in [0.1, 0.15) is 17.5 Å². The van der Waals surface area contributed by atoms with Gasteiger partial charge in [-0.15, -0.1) is 0 Å². The molecule has 1 saturated heterocycles. The molecule has 1 aromatic carbocycles. The first-order valence-corrected chi connectivity index (χ1v) is 5.83. The lowest BCUT2D eigenvalue weighted by Crippen LogP contribution is -2.27. The molecule has 1 heterocycles. The Morgan fingerprint density at radius 2 is 2.17 bits per heavy atom. The van der Waals surface area contributed by atoms with Crippen molar-refractivity contribution in [1.82, 2.24) is 5.32 Å². The minimum Gasteiger partial charge on any atom is -0.456 e. The molecule has 0 radical (unpaired) electrons. The van der Waals surface area contributed by atoms with Gasteiger partial charge in [0.1, 0.15) is 6.10 Å². The SMILES string of the molecule is Cc1ccccc1CNCC1CC(F)(F)C(=O)O1. The van der Waals surface area contributed by atoms with Gasteiger partial charge in [0.25, 0.3) is 0 Å². The number of esters is 1. The predicted molar refractivity (Wildman–Crippen MR) is 62.3 cm³/mol. The third kappa shape index (κ3) is 2.85. The molecule has 2 rings (SSSR count). The van der Waals surface area contributed by atoms with Gasteiger partial charge >= 0.3 is 11.9 Å². The van der Waals surface area contributed by atoms with E-state index in [1.54, 1.807) is 0 Å². The van der Waals surface area contributed by atoms with E-state index in [9.17, 15) is 13.6 Å². The topological polar surface area (TPSA) is 38.3 Å². The van der Waals surface area contributed by atoms with E-state index in [1.165, 1.54) is 0 Å². The van der Waals surface area contributed by atoms with Crippen LogP contribution in [0.4, 0.5) is 8.78 Å². The second kappa shape index (κ2) is 5.02. The van der Waals surface area contributed by atoms with Crippen molar-refractivity contribution in [1.29, 1.82) is 0 Å². The van der Waals surface area contributed by atoms with E-state index in [0.29, 0.717) is 6.54 Å². The van der Waals surface area contributed by atoms with E-state index in [2.05, 4.69) is 10.1 Å². The van der Waals surface area contributed by atoms with Crippen LogP contribution in [-0.4, -0.2) is 24.5 Å². The number of nitrogens with one attached hydrogen (secondary N) is 1. The van der Waals surface area contributed by atoms with Crippen LogP contribution < -0.4 is 5.32 Å². The van der Waals surface area contributed by atoms with Crippen LogP contribution in [0.15, 0.2) is 24.3 Å². The highest BCUT2D eigenvalue weighted by Gasteiger charge is 2.50. The van der Waals surface area contributed by atoms with Crippen molar-refractivity contribution in [2.45, 2.75) is 31.9 Å². The van der Waals surface area contributed by atoms with Crippen molar-refractivity contribution in [2.75, 3.05) is 6.54 Å². The molecular weight excluding hydrogens is 240 g/mol. The van der Waals surface area contributed by atoms with Crippen molar-refractivity contribution in [2.24, 2.45) is 0 Å². The Kier molecular flexibility index (Phi) is 3.61. The van der Waals surface area contributed by atoms with E-state index >= 15 is 0 Å². The zero-order valence-electron chi connectivity index (χ0n) is 10.1. The smallest absolute Gasteiger partial charge is 0.377 e. The Hall–Kier alpha value is -1.49. The molecule has 98 valence electrons.